The Bertz CT molecular complexity index is 1080. The second-order valence-corrected chi connectivity index (χ2v) is 13.3. The molecule has 2 atom stereocenters. The molecule has 0 aliphatic carbocycles. The van der Waals surface area contributed by atoms with Crippen molar-refractivity contribution >= 4 is 16.1 Å². The molecule has 0 aliphatic heterocycles. The van der Waals surface area contributed by atoms with E-state index in [0.717, 1.165) is 31.2 Å². The summed E-state index contributed by atoms with van der Waals surface area (Å²) in [5.41, 5.74) is 1.53. The number of carbonyl (C=O) groups is 1. The summed E-state index contributed by atoms with van der Waals surface area (Å²) in [4.78, 5) is 12.9. The van der Waals surface area contributed by atoms with Gasteiger partial charge < -0.3 is 9.29 Å². The largest absolute Gasteiger partial charge is 1.00 e. The van der Waals surface area contributed by atoms with Crippen LogP contribution in [0.2, 0.25) is 0 Å². The molecule has 0 heterocycles. The van der Waals surface area contributed by atoms with Crippen molar-refractivity contribution in [2.45, 2.75) is 128 Å². The third-order valence-corrected chi connectivity index (χ3v) is 8.86. The van der Waals surface area contributed by atoms with Gasteiger partial charge >= 0.3 is 35.5 Å². The molecule has 0 radical (unpaired) electrons. The first kappa shape index (κ1) is 37.8. The number of esters is 1. The Morgan fingerprint density at radius 3 is 1.80 bits per heavy atom. The molecule has 0 bridgehead atoms. The number of hydrogen-bond donors (Lipinski definition) is 0. The monoisotopic (exact) mass is 594 g/mol. The first-order valence-corrected chi connectivity index (χ1v) is 16.8. The fourth-order valence-corrected chi connectivity index (χ4v) is 5.97. The molecular formula is C34H51NaO5S. The molecular weight excluding hydrogens is 543 g/mol. The van der Waals surface area contributed by atoms with Crippen molar-refractivity contribution in [2.24, 2.45) is 5.41 Å². The predicted molar refractivity (Wildman–Crippen MR) is 162 cm³/mol. The summed E-state index contributed by atoms with van der Waals surface area (Å²) in [6.45, 7) is 8.77. The van der Waals surface area contributed by atoms with Gasteiger partial charge in [0, 0.05) is 0 Å². The average molecular weight is 595 g/mol. The fraction of sp³-hybridized carbons (Fsp3) is 0.618. The van der Waals surface area contributed by atoms with Gasteiger partial charge in [0.1, 0.15) is 10.1 Å². The Labute approximate surface area is 272 Å². The topological polar surface area (TPSA) is 83.5 Å². The van der Waals surface area contributed by atoms with Crippen LogP contribution >= 0.6 is 0 Å². The van der Waals surface area contributed by atoms with Gasteiger partial charge in [0.25, 0.3) is 0 Å². The smallest absolute Gasteiger partial charge is 0.744 e. The maximum absolute atomic E-state index is 13.1. The molecule has 224 valence electrons. The summed E-state index contributed by atoms with van der Waals surface area (Å²) in [6.07, 6.45) is 14.8. The van der Waals surface area contributed by atoms with Gasteiger partial charge in [-0.2, -0.15) is 0 Å². The molecule has 0 aliphatic rings. The van der Waals surface area contributed by atoms with E-state index >= 15 is 0 Å². The molecule has 7 heteroatoms. The van der Waals surface area contributed by atoms with Gasteiger partial charge in [0.2, 0.25) is 0 Å². The molecule has 2 unspecified atom stereocenters. The number of ether oxygens (including phenoxy) is 1. The van der Waals surface area contributed by atoms with E-state index in [4.69, 9.17) is 4.74 Å². The van der Waals surface area contributed by atoms with E-state index in [1.165, 1.54) is 69.1 Å². The molecule has 41 heavy (non-hydrogen) atoms. The van der Waals surface area contributed by atoms with E-state index in [9.17, 15) is 17.8 Å². The molecule has 2 rings (SSSR count). The van der Waals surface area contributed by atoms with Crippen LogP contribution in [-0.4, -0.2) is 25.5 Å². The molecule has 0 amide bonds. The minimum Gasteiger partial charge on any atom is -0.744 e. The SMILES string of the molecule is CCCCCCCCCCCCOC(=O)C(C)(C)CC(CC(CC)c1ccc(S(=O)(=O)[O-])cc1)c1ccccc1.[Na+]. The molecule has 2 aromatic carbocycles. The van der Waals surface area contributed by atoms with Gasteiger partial charge in [-0.15, -0.1) is 0 Å². The van der Waals surface area contributed by atoms with Crippen molar-refractivity contribution in [3.05, 3.63) is 65.7 Å². The van der Waals surface area contributed by atoms with Gasteiger partial charge in [-0.25, -0.2) is 8.42 Å². The normalized spacial score (nSPS) is 13.3. The van der Waals surface area contributed by atoms with Gasteiger partial charge in [-0.05, 0) is 74.6 Å². The summed E-state index contributed by atoms with van der Waals surface area (Å²) in [7, 11) is -4.47. The maximum atomic E-state index is 13.1. The first-order chi connectivity index (χ1) is 19.1. The third-order valence-electron chi connectivity index (χ3n) is 8.01. The number of hydrogen-bond acceptors (Lipinski definition) is 5. The van der Waals surface area contributed by atoms with Crippen LogP contribution in [0.25, 0.3) is 0 Å². The number of carbonyl (C=O) groups excluding carboxylic acids is 1. The molecule has 0 fully saturated rings. The minimum atomic E-state index is -4.47. The van der Waals surface area contributed by atoms with E-state index in [1.54, 1.807) is 12.1 Å². The fourth-order valence-electron chi connectivity index (χ4n) is 5.50. The molecule has 0 aromatic heterocycles. The molecule has 2 aromatic rings. The van der Waals surface area contributed by atoms with Crippen LogP contribution in [0.1, 0.15) is 134 Å². The summed E-state index contributed by atoms with van der Waals surface area (Å²) >= 11 is 0. The first-order valence-electron chi connectivity index (χ1n) is 15.4. The van der Waals surface area contributed by atoms with Crippen LogP contribution in [0.15, 0.2) is 59.5 Å². The number of unbranched alkanes of at least 4 members (excludes halogenated alkanes) is 9. The van der Waals surface area contributed by atoms with Crippen LogP contribution < -0.4 is 29.6 Å². The second-order valence-electron chi connectivity index (χ2n) is 11.9. The number of rotatable bonds is 20. The average Bonchev–Trinajstić information content (AvgIpc) is 2.93. The molecule has 0 N–H and O–H groups in total. The Kier molecular flexibility index (Phi) is 18.4. The second kappa shape index (κ2) is 19.9. The van der Waals surface area contributed by atoms with E-state index in [2.05, 4.69) is 26.0 Å². The zero-order valence-electron chi connectivity index (χ0n) is 26.2. The Hall–Kier alpha value is -1.18. The maximum Gasteiger partial charge on any atom is 1.00 e. The Morgan fingerprint density at radius 2 is 1.29 bits per heavy atom. The predicted octanol–water partition coefficient (Wildman–Crippen LogP) is 6.14. The van der Waals surface area contributed by atoms with E-state index in [1.807, 2.05) is 32.0 Å². The van der Waals surface area contributed by atoms with Crippen LogP contribution in [0.5, 0.6) is 0 Å². The third kappa shape index (κ3) is 14.2. The van der Waals surface area contributed by atoms with Crippen molar-refractivity contribution in [3.63, 3.8) is 0 Å². The van der Waals surface area contributed by atoms with Gasteiger partial charge in [0.05, 0.1) is 16.9 Å². The minimum absolute atomic E-state index is 0. The van der Waals surface area contributed by atoms with Crippen molar-refractivity contribution in [2.75, 3.05) is 6.61 Å². The summed E-state index contributed by atoms with van der Waals surface area (Å²) in [5.74, 6) is 0.128. The standard InChI is InChI=1S/C34H52O5S.Na/c1-5-7-8-9-10-11-12-13-14-18-25-39-33(35)34(3,4)27-31(29-19-16-15-17-20-29)26-28(6-2)30-21-23-32(24-22-30)40(36,37)38;/h15-17,19-24,28,31H,5-14,18,25-27H2,1-4H3,(H,36,37,38);/q;+1/p-1. The van der Waals surface area contributed by atoms with Crippen LogP contribution in [-0.2, 0) is 19.6 Å². The quantitative estimate of drug-likeness (QED) is 0.0796. The van der Waals surface area contributed by atoms with E-state index < -0.39 is 15.5 Å². The molecule has 0 saturated heterocycles. The Morgan fingerprint density at radius 1 is 0.780 bits per heavy atom. The van der Waals surface area contributed by atoms with Crippen molar-refractivity contribution in [3.8, 4) is 0 Å². The summed E-state index contributed by atoms with van der Waals surface area (Å²) < 4.78 is 39.8. The Balaban J connectivity index is 0.00000840. The van der Waals surface area contributed by atoms with Crippen LogP contribution in [0, 0.1) is 5.41 Å². The van der Waals surface area contributed by atoms with Gasteiger partial charge in [-0.3, -0.25) is 4.79 Å². The summed E-state index contributed by atoms with van der Waals surface area (Å²) in [5, 5.41) is 0. The van der Waals surface area contributed by atoms with Crippen LogP contribution in [0.4, 0.5) is 0 Å². The van der Waals surface area contributed by atoms with Gasteiger partial charge in [-0.1, -0.05) is 114 Å². The zero-order valence-corrected chi connectivity index (χ0v) is 29.0. The summed E-state index contributed by atoms with van der Waals surface area (Å²) in [6, 6.07) is 16.5. The zero-order chi connectivity index (χ0) is 29.4. The van der Waals surface area contributed by atoms with Crippen molar-refractivity contribution in [1.29, 1.82) is 0 Å². The van der Waals surface area contributed by atoms with Crippen molar-refractivity contribution in [1.82, 2.24) is 0 Å². The van der Waals surface area contributed by atoms with Crippen molar-refractivity contribution < 1.29 is 52.1 Å². The van der Waals surface area contributed by atoms with Crippen LogP contribution in [0.3, 0.4) is 0 Å². The number of benzene rings is 2. The molecule has 0 saturated carbocycles. The molecule has 0 spiro atoms. The molecule has 5 nitrogen and oxygen atoms in total. The van der Waals surface area contributed by atoms with Gasteiger partial charge in [0.15, 0.2) is 0 Å². The van der Waals surface area contributed by atoms with E-state index in [0.29, 0.717) is 13.0 Å². The van der Waals surface area contributed by atoms with E-state index in [-0.39, 0.29) is 52.3 Å².